The highest BCUT2D eigenvalue weighted by atomic mass is 16.6. The number of nitrogens with zero attached hydrogens (tertiary/aromatic N) is 2. The minimum absolute atomic E-state index is 0.00313. The van der Waals surface area contributed by atoms with Crippen LogP contribution in [0, 0.1) is 17.8 Å². The molecule has 1 heterocycles. The van der Waals surface area contributed by atoms with E-state index in [4.69, 9.17) is 28.4 Å². The summed E-state index contributed by atoms with van der Waals surface area (Å²) in [5, 5.41) is 0. The van der Waals surface area contributed by atoms with E-state index in [0.29, 0.717) is 32.2 Å². The molecule has 0 N–H and O–H groups in total. The lowest BCUT2D eigenvalue weighted by atomic mass is 9.94. The summed E-state index contributed by atoms with van der Waals surface area (Å²) < 4.78 is 34.5. The van der Waals surface area contributed by atoms with E-state index < -0.39 is 35.9 Å². The van der Waals surface area contributed by atoms with E-state index in [1.165, 1.54) is 4.90 Å². The van der Waals surface area contributed by atoms with Gasteiger partial charge in [0.25, 0.3) is 0 Å². The molecule has 0 unspecified atom stereocenters. The molecule has 0 saturated carbocycles. The summed E-state index contributed by atoms with van der Waals surface area (Å²) >= 11 is 0. The number of carbonyl (C=O) groups excluding carboxylic acids is 7. The van der Waals surface area contributed by atoms with Crippen molar-refractivity contribution in [2.75, 3.05) is 65.8 Å². The minimum Gasteiger partial charge on any atom is -0.465 e. The predicted molar refractivity (Wildman–Crippen MR) is 295 cm³/mol. The van der Waals surface area contributed by atoms with E-state index in [0.717, 1.165) is 154 Å². The maximum absolute atomic E-state index is 14.1. The van der Waals surface area contributed by atoms with Crippen LogP contribution in [0.4, 0.5) is 4.79 Å². The van der Waals surface area contributed by atoms with Crippen LogP contribution < -0.4 is 0 Å². The Bertz CT molecular complexity index is 1350. The fourth-order valence-electron chi connectivity index (χ4n) is 9.45. The lowest BCUT2D eigenvalue weighted by molar-refractivity contribution is -0.158. The van der Waals surface area contributed by atoms with Crippen LogP contribution in [-0.2, 0) is 57.2 Å². The van der Waals surface area contributed by atoms with Crippen molar-refractivity contribution in [1.29, 1.82) is 0 Å². The molecule has 1 saturated heterocycles. The van der Waals surface area contributed by atoms with Crippen molar-refractivity contribution in [1.82, 2.24) is 9.80 Å². The second-order valence-electron chi connectivity index (χ2n) is 21.3. The highest BCUT2D eigenvalue weighted by Crippen LogP contribution is 2.27. The van der Waals surface area contributed by atoms with Gasteiger partial charge >= 0.3 is 35.9 Å². The van der Waals surface area contributed by atoms with Gasteiger partial charge in [-0.1, -0.05) is 170 Å². The molecule has 75 heavy (non-hydrogen) atoms. The van der Waals surface area contributed by atoms with Gasteiger partial charge in [-0.2, -0.15) is 0 Å². The average Bonchev–Trinajstić information content (AvgIpc) is 3.78. The zero-order valence-electron chi connectivity index (χ0n) is 48.4. The Balaban J connectivity index is 3.22. The number of amides is 1. The number of esters is 5. The summed E-state index contributed by atoms with van der Waals surface area (Å²) in [4.78, 5) is 96.6. The Morgan fingerprint density at radius 2 is 0.773 bits per heavy atom. The number of likely N-dealkylation sites (tertiary alicyclic amines) is 1. The number of Topliss-reactive ketones (excluding diaryl/α,β-unsaturated/α-hetero) is 1. The number of hydrogen-bond acceptors (Lipinski definition) is 14. The molecule has 436 valence electrons. The lowest BCUT2D eigenvalue weighted by Crippen LogP contribution is -2.35. The number of carbonyl (C=O) groups is 7. The van der Waals surface area contributed by atoms with Gasteiger partial charge in [-0.25, -0.2) is 4.79 Å². The molecule has 1 rings (SSSR count). The Morgan fingerprint density at radius 1 is 0.413 bits per heavy atom. The molecule has 0 aromatic rings. The van der Waals surface area contributed by atoms with E-state index >= 15 is 0 Å². The largest absolute Gasteiger partial charge is 0.465 e. The minimum atomic E-state index is -0.874. The molecular weight excluding hydrogens is 957 g/mol. The molecular formula is C60H108N2O13. The van der Waals surface area contributed by atoms with E-state index in [1.54, 1.807) is 0 Å². The van der Waals surface area contributed by atoms with Gasteiger partial charge in [-0.15, -0.1) is 0 Å². The van der Waals surface area contributed by atoms with Crippen molar-refractivity contribution >= 4 is 41.7 Å². The standard InChI is InChI=1S/C60H108N2O13/c1-7-13-17-21-25-29-33-55(64)71-46-50(47-72-56(65)34-30-26-22-18-14-8-2)41-53(63)43-52-44-62(60(69)70-40-39-61(37-11-5)38-12-6)45-54(52)75-59(68)42-51(48-73-57(66)35-31-27-23-19-15-9-3)49-74-58(67)36-32-28-24-20-16-10-4/h50-52,54H,7-49H2,1-6H3/t52-,54-/m0/s1. The maximum Gasteiger partial charge on any atom is 0.409 e. The molecule has 1 fully saturated rings. The normalized spacial score (nSPS) is 14.4. The molecule has 0 aliphatic carbocycles. The van der Waals surface area contributed by atoms with Gasteiger partial charge in [0, 0.05) is 69.4 Å². The Morgan fingerprint density at radius 3 is 1.15 bits per heavy atom. The molecule has 0 bridgehead atoms. The Hall–Kier alpha value is -3.75. The number of ketones is 1. The number of hydrogen-bond donors (Lipinski definition) is 0. The Labute approximate surface area is 455 Å². The first kappa shape index (κ1) is 69.3. The zero-order valence-corrected chi connectivity index (χ0v) is 48.4. The maximum atomic E-state index is 14.1. The van der Waals surface area contributed by atoms with Crippen LogP contribution in [0.25, 0.3) is 0 Å². The fourth-order valence-corrected chi connectivity index (χ4v) is 9.45. The molecule has 15 heteroatoms. The highest BCUT2D eigenvalue weighted by Gasteiger charge is 2.40. The van der Waals surface area contributed by atoms with Crippen molar-refractivity contribution in [3.8, 4) is 0 Å². The van der Waals surface area contributed by atoms with Crippen molar-refractivity contribution < 1.29 is 62.0 Å². The number of rotatable bonds is 50. The van der Waals surface area contributed by atoms with E-state index in [-0.39, 0.29) is 121 Å². The molecule has 15 nitrogen and oxygen atoms in total. The summed E-state index contributed by atoms with van der Waals surface area (Å²) in [6.45, 7) is 15.0. The zero-order chi connectivity index (χ0) is 55.2. The second-order valence-corrected chi connectivity index (χ2v) is 21.3. The van der Waals surface area contributed by atoms with E-state index in [9.17, 15) is 33.6 Å². The third kappa shape index (κ3) is 38.5. The van der Waals surface area contributed by atoms with Crippen LogP contribution >= 0.6 is 0 Å². The van der Waals surface area contributed by atoms with Crippen molar-refractivity contribution in [2.24, 2.45) is 17.8 Å². The van der Waals surface area contributed by atoms with Crippen LogP contribution in [0.2, 0.25) is 0 Å². The van der Waals surface area contributed by atoms with Gasteiger partial charge in [0.05, 0.1) is 39.4 Å². The fraction of sp³-hybridized carbons (Fsp3) is 0.883. The van der Waals surface area contributed by atoms with Gasteiger partial charge < -0.3 is 33.3 Å². The summed E-state index contributed by atoms with van der Waals surface area (Å²) in [7, 11) is 0. The monoisotopic (exact) mass is 1060 g/mol. The number of unbranched alkanes of at least 4 members (excludes halogenated alkanes) is 20. The number of ether oxygens (including phenoxy) is 6. The molecule has 1 aliphatic rings. The van der Waals surface area contributed by atoms with E-state index in [1.807, 2.05) is 0 Å². The topological polar surface area (TPSA) is 181 Å². The average molecular weight is 1070 g/mol. The molecule has 2 atom stereocenters. The van der Waals surface area contributed by atoms with E-state index in [2.05, 4.69) is 46.4 Å². The lowest BCUT2D eigenvalue weighted by Gasteiger charge is -2.22. The molecule has 0 radical (unpaired) electrons. The van der Waals surface area contributed by atoms with Gasteiger partial charge in [0.1, 0.15) is 18.5 Å². The molecule has 1 amide bonds. The molecule has 0 aromatic carbocycles. The first-order valence-corrected chi connectivity index (χ1v) is 30.4. The summed E-state index contributed by atoms with van der Waals surface area (Å²) in [5.41, 5.74) is 0. The highest BCUT2D eigenvalue weighted by molar-refractivity contribution is 5.80. The van der Waals surface area contributed by atoms with Crippen molar-refractivity contribution in [3.05, 3.63) is 0 Å². The second kappa shape index (κ2) is 47.5. The van der Waals surface area contributed by atoms with Crippen LogP contribution in [0.1, 0.15) is 253 Å². The van der Waals surface area contributed by atoms with Gasteiger partial charge in [-0.05, 0) is 51.6 Å². The first-order valence-electron chi connectivity index (χ1n) is 30.4. The van der Waals surface area contributed by atoms with Gasteiger partial charge in [0.15, 0.2) is 0 Å². The van der Waals surface area contributed by atoms with Crippen molar-refractivity contribution in [2.45, 2.75) is 260 Å². The summed E-state index contributed by atoms with van der Waals surface area (Å²) in [6, 6.07) is 0. The van der Waals surface area contributed by atoms with Crippen LogP contribution in [0.3, 0.4) is 0 Å². The van der Waals surface area contributed by atoms with Crippen LogP contribution in [0.15, 0.2) is 0 Å². The predicted octanol–water partition coefficient (Wildman–Crippen LogP) is 13.2. The first-order chi connectivity index (χ1) is 36.4. The van der Waals surface area contributed by atoms with Crippen molar-refractivity contribution in [3.63, 3.8) is 0 Å². The Kier molecular flexibility index (Phi) is 43.8. The van der Waals surface area contributed by atoms with Crippen LogP contribution in [-0.4, -0.2) is 123 Å². The molecule has 0 aromatic heterocycles. The van der Waals surface area contributed by atoms with Crippen LogP contribution in [0.5, 0.6) is 0 Å². The molecule has 0 spiro atoms. The smallest absolute Gasteiger partial charge is 0.409 e. The summed E-state index contributed by atoms with van der Waals surface area (Å²) in [5.74, 6) is -4.20. The quantitative estimate of drug-likeness (QED) is 0.0319. The summed E-state index contributed by atoms with van der Waals surface area (Å²) in [6.07, 6.45) is 25.6. The molecule has 1 aliphatic heterocycles. The third-order valence-corrected chi connectivity index (χ3v) is 14.0. The third-order valence-electron chi connectivity index (χ3n) is 14.0. The SMILES string of the molecule is CCCCCCCCC(=O)OCC(COC(=O)CCCCCCCC)CC(=O)C[C@H]1CN(C(=O)OCCN(CCC)CCC)C[C@@H]1OC(=O)CC(COC(=O)CCCCCCCC)COC(=O)CCCCCCCC. The van der Waals surface area contributed by atoms with Gasteiger partial charge in [0.2, 0.25) is 0 Å². The van der Waals surface area contributed by atoms with Gasteiger partial charge in [-0.3, -0.25) is 33.7 Å².